The van der Waals surface area contributed by atoms with Crippen molar-refractivity contribution in [2.45, 2.75) is 6.61 Å². The molecule has 0 bridgehead atoms. The Morgan fingerprint density at radius 2 is 2.00 bits per heavy atom. The number of hydrogen-bond donors (Lipinski definition) is 0. The van der Waals surface area contributed by atoms with Crippen LogP contribution in [0, 0.1) is 17.1 Å². The molecule has 22 heavy (non-hydrogen) atoms. The summed E-state index contributed by atoms with van der Waals surface area (Å²) in [6.45, 7) is 0.111. The molecule has 0 N–H and O–H groups in total. The zero-order valence-corrected chi connectivity index (χ0v) is 11.4. The minimum Gasteiger partial charge on any atom is -0.485 e. The molecule has 2 aromatic carbocycles. The Hall–Kier alpha value is -3.20. The Labute approximate surface area is 125 Å². The van der Waals surface area contributed by atoms with E-state index in [0.717, 1.165) is 0 Å². The van der Waals surface area contributed by atoms with Gasteiger partial charge in [0.05, 0.1) is 11.6 Å². The summed E-state index contributed by atoms with van der Waals surface area (Å²) in [5, 5.41) is 12.6. The first-order valence-corrected chi connectivity index (χ1v) is 6.46. The molecule has 0 aliphatic heterocycles. The van der Waals surface area contributed by atoms with Crippen molar-refractivity contribution in [1.82, 2.24) is 10.1 Å². The SMILES string of the molecule is N#Cc1cccc(OCc2noc(-c3ccc(F)cc3)n2)c1. The highest BCUT2D eigenvalue weighted by molar-refractivity contribution is 5.52. The molecular weight excluding hydrogens is 285 g/mol. The molecule has 1 aromatic heterocycles. The average Bonchev–Trinajstić information content (AvgIpc) is 3.03. The van der Waals surface area contributed by atoms with Crippen LogP contribution >= 0.6 is 0 Å². The van der Waals surface area contributed by atoms with Gasteiger partial charge in [-0.05, 0) is 42.5 Å². The summed E-state index contributed by atoms with van der Waals surface area (Å²) in [6.07, 6.45) is 0. The van der Waals surface area contributed by atoms with Crippen LogP contribution in [0.4, 0.5) is 4.39 Å². The molecular formula is C16H10FN3O2. The van der Waals surface area contributed by atoms with Crippen LogP contribution in [0.25, 0.3) is 11.5 Å². The second-order valence-electron chi connectivity index (χ2n) is 4.45. The molecule has 0 spiro atoms. The fourth-order valence-corrected chi connectivity index (χ4v) is 1.83. The average molecular weight is 295 g/mol. The first-order chi connectivity index (χ1) is 10.7. The minimum atomic E-state index is -0.329. The summed E-state index contributed by atoms with van der Waals surface area (Å²) in [4.78, 5) is 4.18. The Kier molecular flexibility index (Phi) is 3.79. The summed E-state index contributed by atoms with van der Waals surface area (Å²) in [6, 6.07) is 14.6. The molecule has 0 radical (unpaired) electrons. The summed E-state index contributed by atoms with van der Waals surface area (Å²) in [5.41, 5.74) is 1.14. The predicted octanol–water partition coefficient (Wildman–Crippen LogP) is 3.33. The standard InChI is InChI=1S/C16H10FN3O2/c17-13-6-4-12(5-7-13)16-19-15(20-22-16)10-21-14-3-1-2-11(8-14)9-18/h1-8H,10H2. The third kappa shape index (κ3) is 3.10. The number of ether oxygens (including phenoxy) is 1. The van der Waals surface area contributed by atoms with Crippen molar-refractivity contribution in [3.8, 4) is 23.3 Å². The van der Waals surface area contributed by atoms with Crippen LogP contribution in [0.3, 0.4) is 0 Å². The van der Waals surface area contributed by atoms with Crippen LogP contribution < -0.4 is 4.74 Å². The van der Waals surface area contributed by atoms with Crippen LogP contribution in [0.5, 0.6) is 5.75 Å². The van der Waals surface area contributed by atoms with Gasteiger partial charge in [0.1, 0.15) is 11.6 Å². The van der Waals surface area contributed by atoms with E-state index >= 15 is 0 Å². The van der Waals surface area contributed by atoms with Gasteiger partial charge in [0.25, 0.3) is 5.89 Å². The number of halogens is 1. The van der Waals surface area contributed by atoms with E-state index in [0.29, 0.717) is 28.6 Å². The quantitative estimate of drug-likeness (QED) is 0.738. The molecule has 0 amide bonds. The molecule has 0 aliphatic carbocycles. The fourth-order valence-electron chi connectivity index (χ4n) is 1.83. The largest absolute Gasteiger partial charge is 0.485 e. The van der Waals surface area contributed by atoms with Gasteiger partial charge in [0.2, 0.25) is 5.82 Å². The van der Waals surface area contributed by atoms with Gasteiger partial charge in [-0.2, -0.15) is 10.2 Å². The Balaban J connectivity index is 1.69. The number of hydrogen-bond acceptors (Lipinski definition) is 5. The predicted molar refractivity (Wildman–Crippen MR) is 75.2 cm³/mol. The molecule has 3 aromatic rings. The normalized spacial score (nSPS) is 10.2. The number of rotatable bonds is 4. The van der Waals surface area contributed by atoms with Gasteiger partial charge >= 0.3 is 0 Å². The molecule has 1 heterocycles. The summed E-state index contributed by atoms with van der Waals surface area (Å²) < 4.78 is 23.5. The van der Waals surface area contributed by atoms with Crippen molar-refractivity contribution in [3.05, 3.63) is 65.7 Å². The first-order valence-electron chi connectivity index (χ1n) is 6.46. The van der Waals surface area contributed by atoms with Gasteiger partial charge in [0, 0.05) is 5.56 Å². The Bertz CT molecular complexity index is 822. The van der Waals surface area contributed by atoms with Crippen molar-refractivity contribution in [1.29, 1.82) is 5.26 Å². The van der Waals surface area contributed by atoms with E-state index in [9.17, 15) is 4.39 Å². The molecule has 0 saturated carbocycles. The van der Waals surface area contributed by atoms with Gasteiger partial charge in [0.15, 0.2) is 6.61 Å². The summed E-state index contributed by atoms with van der Waals surface area (Å²) >= 11 is 0. The van der Waals surface area contributed by atoms with E-state index in [1.54, 1.807) is 36.4 Å². The van der Waals surface area contributed by atoms with Crippen LogP contribution in [-0.4, -0.2) is 10.1 Å². The molecule has 0 atom stereocenters. The van der Waals surface area contributed by atoms with E-state index in [1.165, 1.54) is 12.1 Å². The number of benzene rings is 2. The molecule has 3 rings (SSSR count). The maximum absolute atomic E-state index is 12.9. The highest BCUT2D eigenvalue weighted by Gasteiger charge is 2.09. The molecule has 0 saturated heterocycles. The summed E-state index contributed by atoms with van der Waals surface area (Å²) in [5.74, 6) is 0.877. The molecule has 0 aliphatic rings. The van der Waals surface area contributed by atoms with Crippen LogP contribution in [-0.2, 0) is 6.61 Å². The molecule has 6 heteroatoms. The lowest BCUT2D eigenvalue weighted by atomic mass is 10.2. The lowest BCUT2D eigenvalue weighted by Gasteiger charge is -2.02. The maximum Gasteiger partial charge on any atom is 0.258 e. The first kappa shape index (κ1) is 13.8. The lowest BCUT2D eigenvalue weighted by molar-refractivity contribution is 0.287. The van der Waals surface area contributed by atoms with Gasteiger partial charge in [-0.1, -0.05) is 11.2 Å². The second-order valence-corrected chi connectivity index (χ2v) is 4.45. The highest BCUT2D eigenvalue weighted by Crippen LogP contribution is 2.18. The monoisotopic (exact) mass is 295 g/mol. The topological polar surface area (TPSA) is 71.9 Å². The number of nitriles is 1. The maximum atomic E-state index is 12.9. The van der Waals surface area contributed by atoms with Crippen molar-refractivity contribution >= 4 is 0 Å². The second kappa shape index (κ2) is 6.06. The van der Waals surface area contributed by atoms with Crippen LogP contribution in [0.15, 0.2) is 53.1 Å². The molecule has 0 unspecified atom stereocenters. The van der Waals surface area contributed by atoms with E-state index in [-0.39, 0.29) is 12.4 Å². The van der Waals surface area contributed by atoms with E-state index in [2.05, 4.69) is 10.1 Å². The third-order valence-corrected chi connectivity index (χ3v) is 2.89. The van der Waals surface area contributed by atoms with Crippen molar-refractivity contribution in [2.75, 3.05) is 0 Å². The summed E-state index contributed by atoms with van der Waals surface area (Å²) in [7, 11) is 0. The third-order valence-electron chi connectivity index (χ3n) is 2.89. The Morgan fingerprint density at radius 3 is 2.77 bits per heavy atom. The van der Waals surface area contributed by atoms with Gasteiger partial charge < -0.3 is 9.26 Å². The van der Waals surface area contributed by atoms with Crippen molar-refractivity contribution in [2.24, 2.45) is 0 Å². The molecule has 108 valence electrons. The molecule has 0 fully saturated rings. The van der Waals surface area contributed by atoms with Crippen molar-refractivity contribution < 1.29 is 13.7 Å². The van der Waals surface area contributed by atoms with Gasteiger partial charge in [-0.15, -0.1) is 0 Å². The molecule has 5 nitrogen and oxygen atoms in total. The minimum absolute atomic E-state index is 0.111. The van der Waals surface area contributed by atoms with Crippen LogP contribution in [0.1, 0.15) is 11.4 Å². The fraction of sp³-hybridized carbons (Fsp3) is 0.0625. The van der Waals surface area contributed by atoms with Crippen molar-refractivity contribution in [3.63, 3.8) is 0 Å². The van der Waals surface area contributed by atoms with Gasteiger partial charge in [-0.3, -0.25) is 0 Å². The number of nitrogens with zero attached hydrogens (tertiary/aromatic N) is 3. The van der Waals surface area contributed by atoms with Gasteiger partial charge in [-0.25, -0.2) is 4.39 Å². The zero-order valence-electron chi connectivity index (χ0n) is 11.4. The Morgan fingerprint density at radius 1 is 1.18 bits per heavy atom. The smallest absolute Gasteiger partial charge is 0.258 e. The van der Waals surface area contributed by atoms with E-state index < -0.39 is 0 Å². The van der Waals surface area contributed by atoms with E-state index in [4.69, 9.17) is 14.5 Å². The highest BCUT2D eigenvalue weighted by atomic mass is 19.1. The lowest BCUT2D eigenvalue weighted by Crippen LogP contribution is -1.97. The van der Waals surface area contributed by atoms with E-state index in [1.807, 2.05) is 6.07 Å². The van der Waals surface area contributed by atoms with Crippen LogP contribution in [0.2, 0.25) is 0 Å². The number of aromatic nitrogens is 2. The zero-order chi connectivity index (χ0) is 15.4.